The van der Waals surface area contributed by atoms with Crippen LogP contribution in [-0.2, 0) is 24.3 Å². The Kier molecular flexibility index (Phi) is 8.73. The molecule has 1 heterocycles. The maximum Gasteiger partial charge on any atom is 0.243 e. The zero-order valence-corrected chi connectivity index (χ0v) is 20.1. The number of thioether (sulfide) groups is 1. The highest BCUT2D eigenvalue weighted by molar-refractivity contribution is 8.00. The molecule has 1 aliphatic rings. The topological polar surface area (TPSA) is 114 Å². The molecule has 1 saturated heterocycles. The third-order valence-corrected chi connectivity index (χ3v) is 7.68. The van der Waals surface area contributed by atoms with Crippen molar-refractivity contribution in [1.82, 2.24) is 4.31 Å². The SMILES string of the molecule is COc1ccc(S(=O)(=O)N2CCOCC2)cc1NC(=O)CSCC(=O)Nc1ccc(C)cc1. The van der Waals surface area contributed by atoms with E-state index in [2.05, 4.69) is 10.6 Å². The second kappa shape index (κ2) is 11.5. The van der Waals surface area contributed by atoms with Crippen molar-refractivity contribution in [1.29, 1.82) is 0 Å². The van der Waals surface area contributed by atoms with Crippen LogP contribution in [0.2, 0.25) is 0 Å². The Labute approximate surface area is 197 Å². The molecule has 11 heteroatoms. The lowest BCUT2D eigenvalue weighted by molar-refractivity contribution is -0.114. The molecule has 1 aliphatic heterocycles. The van der Waals surface area contributed by atoms with Crippen LogP contribution in [0.1, 0.15) is 5.56 Å². The minimum atomic E-state index is -3.72. The highest BCUT2D eigenvalue weighted by Crippen LogP contribution is 2.29. The Morgan fingerprint density at radius 3 is 2.30 bits per heavy atom. The molecule has 1 fully saturated rings. The zero-order chi connectivity index (χ0) is 23.8. The Bertz CT molecular complexity index is 1080. The molecular weight excluding hydrogens is 466 g/mol. The number of ether oxygens (including phenoxy) is 2. The fourth-order valence-corrected chi connectivity index (χ4v) is 5.19. The van der Waals surface area contributed by atoms with Crippen molar-refractivity contribution in [3.63, 3.8) is 0 Å². The number of methoxy groups -OCH3 is 1. The van der Waals surface area contributed by atoms with Crippen LogP contribution >= 0.6 is 11.8 Å². The van der Waals surface area contributed by atoms with Gasteiger partial charge in [-0.3, -0.25) is 9.59 Å². The van der Waals surface area contributed by atoms with Gasteiger partial charge in [0.25, 0.3) is 0 Å². The lowest BCUT2D eigenvalue weighted by Gasteiger charge is -2.26. The van der Waals surface area contributed by atoms with E-state index in [9.17, 15) is 18.0 Å². The molecule has 0 atom stereocenters. The van der Waals surface area contributed by atoms with E-state index in [1.165, 1.54) is 29.6 Å². The Balaban J connectivity index is 1.57. The number of aryl methyl sites for hydroxylation is 1. The van der Waals surface area contributed by atoms with Gasteiger partial charge in [-0.1, -0.05) is 17.7 Å². The zero-order valence-electron chi connectivity index (χ0n) is 18.5. The van der Waals surface area contributed by atoms with Gasteiger partial charge in [-0.2, -0.15) is 4.31 Å². The van der Waals surface area contributed by atoms with Crippen molar-refractivity contribution >= 4 is 45.0 Å². The number of benzene rings is 2. The summed E-state index contributed by atoms with van der Waals surface area (Å²) < 4.78 is 37.7. The summed E-state index contributed by atoms with van der Waals surface area (Å²) in [6, 6.07) is 11.8. The summed E-state index contributed by atoms with van der Waals surface area (Å²) in [6.45, 7) is 3.19. The second-order valence-corrected chi connectivity index (χ2v) is 10.3. The van der Waals surface area contributed by atoms with E-state index in [0.29, 0.717) is 24.7 Å². The van der Waals surface area contributed by atoms with Crippen molar-refractivity contribution < 1.29 is 27.5 Å². The summed E-state index contributed by atoms with van der Waals surface area (Å²) in [7, 11) is -2.28. The first kappa shape index (κ1) is 25.0. The lowest BCUT2D eigenvalue weighted by Crippen LogP contribution is -2.40. The van der Waals surface area contributed by atoms with Crippen molar-refractivity contribution in [2.45, 2.75) is 11.8 Å². The number of morpholine rings is 1. The second-order valence-electron chi connectivity index (χ2n) is 7.33. The number of rotatable bonds is 9. The molecule has 0 aromatic heterocycles. The molecule has 0 radical (unpaired) electrons. The van der Waals surface area contributed by atoms with Gasteiger partial charge < -0.3 is 20.1 Å². The highest BCUT2D eigenvalue weighted by Gasteiger charge is 2.27. The maximum atomic E-state index is 12.9. The molecular formula is C22H27N3O6S2. The number of carbonyl (C=O) groups excluding carboxylic acids is 2. The van der Waals surface area contributed by atoms with Gasteiger partial charge in [0.1, 0.15) is 5.75 Å². The molecule has 2 aromatic carbocycles. The van der Waals surface area contributed by atoms with Crippen LogP contribution in [-0.4, -0.2) is 69.5 Å². The number of anilines is 2. The maximum absolute atomic E-state index is 12.9. The van der Waals surface area contributed by atoms with Crippen LogP contribution < -0.4 is 15.4 Å². The molecule has 3 rings (SSSR count). The summed E-state index contributed by atoms with van der Waals surface area (Å²) in [5, 5.41) is 5.46. The van der Waals surface area contributed by atoms with Gasteiger partial charge in [0, 0.05) is 18.8 Å². The van der Waals surface area contributed by atoms with Gasteiger partial charge in [-0.05, 0) is 37.3 Å². The van der Waals surface area contributed by atoms with Gasteiger partial charge in [0.05, 0.1) is 42.4 Å². The molecule has 0 aliphatic carbocycles. The molecule has 2 N–H and O–H groups in total. The summed E-state index contributed by atoms with van der Waals surface area (Å²) >= 11 is 1.15. The quantitative estimate of drug-likeness (QED) is 0.551. The largest absolute Gasteiger partial charge is 0.495 e. The lowest BCUT2D eigenvalue weighted by atomic mass is 10.2. The van der Waals surface area contributed by atoms with E-state index in [4.69, 9.17) is 9.47 Å². The van der Waals surface area contributed by atoms with E-state index in [1.54, 1.807) is 0 Å². The summed E-state index contributed by atoms with van der Waals surface area (Å²) in [6.07, 6.45) is 0. The molecule has 0 spiro atoms. The van der Waals surface area contributed by atoms with Gasteiger partial charge in [0.2, 0.25) is 21.8 Å². The first-order valence-electron chi connectivity index (χ1n) is 10.3. The van der Waals surface area contributed by atoms with Crippen LogP contribution in [0.4, 0.5) is 11.4 Å². The standard InChI is InChI=1S/C22H27N3O6S2/c1-16-3-5-17(6-4-16)23-21(26)14-32-15-22(27)24-19-13-18(7-8-20(19)30-2)33(28,29)25-9-11-31-12-10-25/h3-8,13H,9-12,14-15H2,1-2H3,(H,23,26)(H,24,27). The number of nitrogens with one attached hydrogen (secondary N) is 2. The van der Waals surface area contributed by atoms with Crippen molar-refractivity contribution in [2.24, 2.45) is 0 Å². The van der Waals surface area contributed by atoms with E-state index in [0.717, 1.165) is 17.3 Å². The minimum absolute atomic E-state index is 0.0188. The summed E-state index contributed by atoms with van der Waals surface area (Å²) in [5.74, 6) is -0.129. The molecule has 33 heavy (non-hydrogen) atoms. The number of sulfonamides is 1. The van der Waals surface area contributed by atoms with Crippen molar-refractivity contribution in [2.75, 3.05) is 55.6 Å². The van der Waals surface area contributed by atoms with E-state index >= 15 is 0 Å². The molecule has 2 amide bonds. The molecule has 2 aromatic rings. The predicted octanol–water partition coefficient (Wildman–Crippen LogP) is 2.33. The Morgan fingerprint density at radius 2 is 1.67 bits per heavy atom. The number of hydrogen-bond acceptors (Lipinski definition) is 7. The van der Waals surface area contributed by atoms with Gasteiger partial charge in [-0.25, -0.2) is 8.42 Å². The number of hydrogen-bond donors (Lipinski definition) is 2. The monoisotopic (exact) mass is 493 g/mol. The number of amides is 2. The van der Waals surface area contributed by atoms with E-state index in [-0.39, 0.29) is 47.0 Å². The van der Waals surface area contributed by atoms with Crippen LogP contribution in [0.5, 0.6) is 5.75 Å². The average molecular weight is 494 g/mol. The smallest absolute Gasteiger partial charge is 0.243 e. The van der Waals surface area contributed by atoms with E-state index in [1.807, 2.05) is 31.2 Å². The van der Waals surface area contributed by atoms with Crippen LogP contribution in [0.25, 0.3) is 0 Å². The normalized spacial score (nSPS) is 14.5. The van der Waals surface area contributed by atoms with Crippen LogP contribution in [0.15, 0.2) is 47.4 Å². The fraction of sp³-hybridized carbons (Fsp3) is 0.364. The Morgan fingerprint density at radius 1 is 1.03 bits per heavy atom. The molecule has 178 valence electrons. The van der Waals surface area contributed by atoms with Gasteiger partial charge >= 0.3 is 0 Å². The summed E-state index contributed by atoms with van der Waals surface area (Å²) in [5.41, 5.74) is 2.04. The molecule has 0 unspecified atom stereocenters. The third-order valence-electron chi connectivity index (χ3n) is 4.85. The molecule has 0 bridgehead atoms. The summed E-state index contributed by atoms with van der Waals surface area (Å²) in [4.78, 5) is 24.6. The van der Waals surface area contributed by atoms with Gasteiger partial charge in [0.15, 0.2) is 0 Å². The predicted molar refractivity (Wildman–Crippen MR) is 128 cm³/mol. The van der Waals surface area contributed by atoms with Crippen molar-refractivity contribution in [3.8, 4) is 5.75 Å². The first-order chi connectivity index (χ1) is 15.8. The molecule has 9 nitrogen and oxygen atoms in total. The Hall–Kier alpha value is -2.60. The molecule has 0 saturated carbocycles. The first-order valence-corrected chi connectivity index (χ1v) is 12.9. The third kappa shape index (κ3) is 6.94. The fourth-order valence-electron chi connectivity index (χ4n) is 3.14. The number of carbonyl (C=O) groups is 2. The van der Waals surface area contributed by atoms with E-state index < -0.39 is 10.0 Å². The number of nitrogens with zero attached hydrogens (tertiary/aromatic N) is 1. The van der Waals surface area contributed by atoms with Crippen LogP contribution in [0.3, 0.4) is 0 Å². The highest BCUT2D eigenvalue weighted by atomic mass is 32.2. The minimum Gasteiger partial charge on any atom is -0.495 e. The average Bonchev–Trinajstić information content (AvgIpc) is 2.81. The van der Waals surface area contributed by atoms with Crippen LogP contribution in [0, 0.1) is 6.92 Å². The van der Waals surface area contributed by atoms with Gasteiger partial charge in [-0.15, -0.1) is 11.8 Å². The van der Waals surface area contributed by atoms with Crippen molar-refractivity contribution in [3.05, 3.63) is 48.0 Å².